The van der Waals surface area contributed by atoms with E-state index in [-0.39, 0.29) is 24.2 Å². The minimum absolute atomic E-state index is 0.0248. The van der Waals surface area contributed by atoms with E-state index in [1.807, 2.05) is 31.1 Å². The molecule has 1 amide bonds. The van der Waals surface area contributed by atoms with Gasteiger partial charge in [-0.05, 0) is 43.4 Å². The molecule has 2 heterocycles. The Morgan fingerprint density at radius 1 is 1.31 bits per heavy atom. The molecule has 2 aliphatic heterocycles. The Balaban J connectivity index is 2.06. The number of ether oxygens (including phenoxy) is 1. The smallest absolute Gasteiger partial charge is 0.338 e. The van der Waals surface area contributed by atoms with Gasteiger partial charge in [0.25, 0.3) is 0 Å². The maximum absolute atomic E-state index is 13.5. The van der Waals surface area contributed by atoms with Crippen LogP contribution in [0, 0.1) is 5.82 Å². The van der Waals surface area contributed by atoms with E-state index in [0.29, 0.717) is 22.9 Å². The topological polar surface area (TPSA) is 71.0 Å². The molecule has 0 bridgehead atoms. The van der Waals surface area contributed by atoms with Crippen molar-refractivity contribution in [2.45, 2.75) is 45.7 Å². The number of esters is 1. The first kappa shape index (κ1) is 21.1. The van der Waals surface area contributed by atoms with E-state index in [0.717, 1.165) is 11.3 Å². The maximum atomic E-state index is 13.5. The number of hydrogen-bond acceptors (Lipinski definition) is 6. The molecule has 1 unspecified atom stereocenters. The van der Waals surface area contributed by atoms with Gasteiger partial charge in [0.15, 0.2) is 5.17 Å². The van der Waals surface area contributed by atoms with Crippen LogP contribution >= 0.6 is 11.8 Å². The molecule has 0 saturated heterocycles. The van der Waals surface area contributed by atoms with Crippen LogP contribution in [0.3, 0.4) is 0 Å². The molecule has 1 aromatic carbocycles. The van der Waals surface area contributed by atoms with Crippen LogP contribution in [0.1, 0.15) is 45.2 Å². The van der Waals surface area contributed by atoms with Gasteiger partial charge in [0.1, 0.15) is 5.82 Å². The van der Waals surface area contributed by atoms with Crippen LogP contribution in [0.4, 0.5) is 4.39 Å². The Bertz CT molecular complexity index is 906. The fourth-order valence-electron chi connectivity index (χ4n) is 3.41. The molecule has 154 valence electrons. The lowest BCUT2D eigenvalue weighted by Crippen LogP contribution is -2.38. The highest BCUT2D eigenvalue weighted by atomic mass is 32.2. The number of fused-ring (bicyclic) bond motifs is 1. The Labute approximate surface area is 173 Å². The lowest BCUT2D eigenvalue weighted by atomic mass is 9.93. The minimum Gasteiger partial charge on any atom is -0.466 e. The van der Waals surface area contributed by atoms with Gasteiger partial charge in [0, 0.05) is 11.7 Å². The lowest BCUT2D eigenvalue weighted by Gasteiger charge is -2.36. The molecule has 0 saturated carbocycles. The standard InChI is InChI=1S/C21H24FN3O3S/c1-5-16-18(20(27)28-4)19(13-6-8-14(22)9-7-13)25-15(11-29-21(25)24-16)10-17(26)23-12(2)3/h6-9,11-12,19H,5,10H2,1-4H3,(H,23,26). The quantitative estimate of drug-likeness (QED) is 0.712. The summed E-state index contributed by atoms with van der Waals surface area (Å²) in [7, 11) is 1.33. The molecular formula is C21H24FN3O3S. The van der Waals surface area contributed by atoms with Crippen molar-refractivity contribution in [3.05, 3.63) is 58.0 Å². The number of methoxy groups -OCH3 is 1. The summed E-state index contributed by atoms with van der Waals surface area (Å²) in [6, 6.07) is 5.50. The van der Waals surface area contributed by atoms with Crippen LogP contribution < -0.4 is 5.32 Å². The summed E-state index contributed by atoms with van der Waals surface area (Å²) in [6.07, 6.45) is 0.695. The van der Waals surface area contributed by atoms with Crippen molar-refractivity contribution >= 4 is 28.8 Å². The predicted octanol–water partition coefficient (Wildman–Crippen LogP) is 3.88. The highest BCUT2D eigenvalue weighted by Crippen LogP contribution is 2.45. The number of benzene rings is 1. The van der Waals surface area contributed by atoms with Gasteiger partial charge in [-0.15, -0.1) is 0 Å². The predicted molar refractivity (Wildman–Crippen MR) is 111 cm³/mol. The largest absolute Gasteiger partial charge is 0.466 e. The number of allylic oxidation sites excluding steroid dienone is 1. The molecule has 0 aromatic heterocycles. The zero-order valence-electron chi connectivity index (χ0n) is 16.9. The van der Waals surface area contributed by atoms with Gasteiger partial charge in [0.05, 0.1) is 30.8 Å². The number of amidine groups is 1. The van der Waals surface area contributed by atoms with Crippen molar-refractivity contribution < 1.29 is 18.7 Å². The molecule has 6 nitrogen and oxygen atoms in total. The SMILES string of the molecule is CCC1=C(C(=O)OC)C(c2ccc(F)cc2)N2C(CC(=O)NC(C)C)=CSC2=N1. The van der Waals surface area contributed by atoms with Gasteiger partial charge in [0.2, 0.25) is 5.91 Å². The van der Waals surface area contributed by atoms with Crippen molar-refractivity contribution in [3.8, 4) is 0 Å². The lowest BCUT2D eigenvalue weighted by molar-refractivity contribution is -0.136. The molecule has 0 aliphatic carbocycles. The van der Waals surface area contributed by atoms with E-state index in [2.05, 4.69) is 10.3 Å². The fourth-order valence-corrected chi connectivity index (χ4v) is 4.35. The Kier molecular flexibility index (Phi) is 6.42. The number of nitrogens with one attached hydrogen (secondary N) is 1. The van der Waals surface area contributed by atoms with Crippen LogP contribution in [-0.4, -0.2) is 35.1 Å². The molecule has 1 N–H and O–H groups in total. The van der Waals surface area contributed by atoms with Gasteiger partial charge < -0.3 is 15.0 Å². The zero-order valence-corrected chi connectivity index (χ0v) is 17.7. The van der Waals surface area contributed by atoms with E-state index in [1.165, 1.54) is 31.0 Å². The summed E-state index contributed by atoms with van der Waals surface area (Å²) < 4.78 is 18.6. The number of hydrogen-bond donors (Lipinski definition) is 1. The number of halogens is 1. The summed E-state index contributed by atoms with van der Waals surface area (Å²) in [6.45, 7) is 5.72. The normalized spacial score (nSPS) is 18.4. The summed E-state index contributed by atoms with van der Waals surface area (Å²) in [5.41, 5.74) is 2.50. The van der Waals surface area contributed by atoms with Gasteiger partial charge in [-0.1, -0.05) is 30.8 Å². The fraction of sp³-hybridized carbons (Fsp3) is 0.381. The number of carbonyl (C=O) groups is 2. The van der Waals surface area contributed by atoms with Crippen molar-refractivity contribution in [2.75, 3.05) is 7.11 Å². The van der Waals surface area contributed by atoms with Crippen molar-refractivity contribution in [1.82, 2.24) is 10.2 Å². The Hall–Kier alpha value is -2.61. The van der Waals surface area contributed by atoms with E-state index < -0.39 is 12.0 Å². The van der Waals surface area contributed by atoms with Crippen molar-refractivity contribution in [1.29, 1.82) is 0 Å². The molecule has 29 heavy (non-hydrogen) atoms. The summed E-state index contributed by atoms with van der Waals surface area (Å²) in [4.78, 5) is 31.6. The maximum Gasteiger partial charge on any atom is 0.338 e. The highest BCUT2D eigenvalue weighted by molar-refractivity contribution is 8.16. The molecule has 1 aromatic rings. The molecule has 0 spiro atoms. The van der Waals surface area contributed by atoms with Gasteiger partial charge in [-0.3, -0.25) is 4.79 Å². The van der Waals surface area contributed by atoms with E-state index in [9.17, 15) is 14.0 Å². The molecule has 0 fully saturated rings. The van der Waals surface area contributed by atoms with Gasteiger partial charge in [-0.2, -0.15) is 0 Å². The van der Waals surface area contributed by atoms with Crippen molar-refractivity contribution in [2.24, 2.45) is 4.99 Å². The average Bonchev–Trinajstić information content (AvgIpc) is 3.08. The first-order chi connectivity index (χ1) is 13.8. The Morgan fingerprint density at radius 3 is 2.59 bits per heavy atom. The first-order valence-corrected chi connectivity index (χ1v) is 10.3. The average molecular weight is 418 g/mol. The summed E-state index contributed by atoms with van der Waals surface area (Å²) in [5, 5.41) is 5.45. The molecule has 8 heteroatoms. The van der Waals surface area contributed by atoms with Crippen LogP contribution in [0.2, 0.25) is 0 Å². The van der Waals surface area contributed by atoms with Gasteiger partial charge >= 0.3 is 5.97 Å². The van der Waals surface area contributed by atoms with Gasteiger partial charge in [-0.25, -0.2) is 14.2 Å². The van der Waals surface area contributed by atoms with Crippen molar-refractivity contribution in [3.63, 3.8) is 0 Å². The second-order valence-electron chi connectivity index (χ2n) is 7.05. The van der Waals surface area contributed by atoms with Crippen LogP contribution in [-0.2, 0) is 14.3 Å². The third kappa shape index (κ3) is 4.37. The van der Waals surface area contributed by atoms with E-state index in [4.69, 9.17) is 4.74 Å². The molecule has 2 aliphatic rings. The Morgan fingerprint density at radius 2 is 2.00 bits per heavy atom. The second-order valence-corrected chi connectivity index (χ2v) is 7.89. The summed E-state index contributed by atoms with van der Waals surface area (Å²) >= 11 is 1.41. The zero-order chi connectivity index (χ0) is 21.1. The number of nitrogens with zero attached hydrogens (tertiary/aromatic N) is 2. The van der Waals surface area contributed by atoms with E-state index in [1.54, 1.807) is 12.1 Å². The minimum atomic E-state index is -0.543. The van der Waals surface area contributed by atoms with E-state index >= 15 is 0 Å². The number of carbonyl (C=O) groups excluding carboxylic acids is 2. The number of rotatable bonds is 6. The molecule has 3 rings (SSSR count). The summed E-state index contributed by atoms with van der Waals surface area (Å²) in [5.74, 6) is -0.960. The number of aliphatic imine (C=N–C) groups is 1. The first-order valence-electron chi connectivity index (χ1n) is 9.45. The number of amides is 1. The highest BCUT2D eigenvalue weighted by Gasteiger charge is 2.41. The molecular weight excluding hydrogens is 393 g/mol. The van der Waals surface area contributed by atoms with Crippen LogP contribution in [0.5, 0.6) is 0 Å². The number of thioether (sulfide) groups is 1. The third-order valence-electron chi connectivity index (χ3n) is 4.61. The third-order valence-corrected chi connectivity index (χ3v) is 5.50. The van der Waals surface area contributed by atoms with Crippen LogP contribution in [0.25, 0.3) is 0 Å². The second kappa shape index (κ2) is 8.82. The monoisotopic (exact) mass is 417 g/mol. The van der Waals surface area contributed by atoms with Crippen LogP contribution in [0.15, 0.2) is 51.6 Å². The molecule has 1 atom stereocenters. The molecule has 0 radical (unpaired) electrons.